The van der Waals surface area contributed by atoms with E-state index in [0.717, 1.165) is 0 Å². The van der Waals surface area contributed by atoms with Gasteiger partial charge >= 0.3 is 0 Å². The van der Waals surface area contributed by atoms with Gasteiger partial charge in [-0.05, 0) is 37.3 Å². The monoisotopic (exact) mass is 290 g/mol. The van der Waals surface area contributed by atoms with Crippen LogP contribution in [0.25, 0.3) is 0 Å². The minimum Gasteiger partial charge on any atom is -0.496 e. The van der Waals surface area contributed by atoms with Gasteiger partial charge in [-0.25, -0.2) is 0 Å². The standard InChI is InChI=1S/C16H15ClO3/c1-3-20-15-7-5-4-6-12(15)16(18)13-10-11(17)8-9-14(13)19-2/h4-10H,3H2,1-2H3. The third kappa shape index (κ3) is 2.94. The Morgan fingerprint density at radius 3 is 2.55 bits per heavy atom. The Hall–Kier alpha value is -2.00. The molecule has 0 spiro atoms. The van der Waals surface area contributed by atoms with Gasteiger partial charge in [-0.15, -0.1) is 0 Å². The van der Waals surface area contributed by atoms with E-state index in [1.54, 1.807) is 36.4 Å². The summed E-state index contributed by atoms with van der Waals surface area (Å²) in [5.41, 5.74) is 0.919. The van der Waals surface area contributed by atoms with Gasteiger partial charge in [-0.1, -0.05) is 23.7 Å². The molecule has 2 aromatic rings. The molecule has 104 valence electrons. The van der Waals surface area contributed by atoms with Crippen LogP contribution in [0.15, 0.2) is 42.5 Å². The van der Waals surface area contributed by atoms with Gasteiger partial charge < -0.3 is 9.47 Å². The number of ether oxygens (including phenoxy) is 2. The van der Waals surface area contributed by atoms with Crippen LogP contribution < -0.4 is 9.47 Å². The largest absolute Gasteiger partial charge is 0.496 e. The lowest BCUT2D eigenvalue weighted by molar-refractivity contribution is 0.103. The molecule has 0 aliphatic heterocycles. The number of para-hydroxylation sites is 1. The first-order valence-corrected chi connectivity index (χ1v) is 6.65. The molecule has 0 fully saturated rings. The number of hydrogen-bond acceptors (Lipinski definition) is 3. The number of halogens is 1. The zero-order valence-electron chi connectivity index (χ0n) is 11.4. The average Bonchev–Trinajstić information content (AvgIpc) is 2.47. The van der Waals surface area contributed by atoms with Crippen LogP contribution in [0, 0.1) is 0 Å². The third-order valence-corrected chi connectivity index (χ3v) is 3.07. The summed E-state index contributed by atoms with van der Waals surface area (Å²) in [7, 11) is 1.52. The van der Waals surface area contributed by atoms with E-state index < -0.39 is 0 Å². The van der Waals surface area contributed by atoms with E-state index in [9.17, 15) is 4.79 Å². The van der Waals surface area contributed by atoms with E-state index in [2.05, 4.69) is 0 Å². The molecule has 0 saturated heterocycles. The number of carbonyl (C=O) groups excluding carboxylic acids is 1. The van der Waals surface area contributed by atoms with E-state index >= 15 is 0 Å². The quantitative estimate of drug-likeness (QED) is 0.781. The zero-order valence-corrected chi connectivity index (χ0v) is 12.1. The van der Waals surface area contributed by atoms with Crippen molar-refractivity contribution in [3.05, 3.63) is 58.6 Å². The highest BCUT2D eigenvalue weighted by molar-refractivity contribution is 6.31. The van der Waals surface area contributed by atoms with E-state index in [-0.39, 0.29) is 5.78 Å². The van der Waals surface area contributed by atoms with Gasteiger partial charge in [-0.3, -0.25) is 4.79 Å². The molecule has 2 aromatic carbocycles. The molecule has 0 heterocycles. The molecule has 0 radical (unpaired) electrons. The summed E-state index contributed by atoms with van der Waals surface area (Å²) in [5.74, 6) is 0.876. The van der Waals surface area contributed by atoms with Crippen LogP contribution in [0.3, 0.4) is 0 Å². The summed E-state index contributed by atoms with van der Waals surface area (Å²) in [4.78, 5) is 12.7. The number of rotatable bonds is 5. The van der Waals surface area contributed by atoms with Gasteiger partial charge in [0.25, 0.3) is 0 Å². The van der Waals surface area contributed by atoms with E-state index in [4.69, 9.17) is 21.1 Å². The second kappa shape index (κ2) is 6.44. The van der Waals surface area contributed by atoms with Crippen molar-refractivity contribution in [1.29, 1.82) is 0 Å². The highest BCUT2D eigenvalue weighted by atomic mass is 35.5. The Balaban J connectivity index is 2.49. The van der Waals surface area contributed by atoms with Crippen molar-refractivity contribution in [2.24, 2.45) is 0 Å². The molecule has 3 nitrogen and oxygen atoms in total. The van der Waals surface area contributed by atoms with Crippen LogP contribution in [0.5, 0.6) is 11.5 Å². The van der Waals surface area contributed by atoms with Crippen molar-refractivity contribution < 1.29 is 14.3 Å². The Bertz CT molecular complexity index is 623. The fourth-order valence-electron chi connectivity index (χ4n) is 1.94. The van der Waals surface area contributed by atoms with E-state index in [0.29, 0.717) is 34.3 Å². The summed E-state index contributed by atoms with van der Waals surface area (Å²) in [5, 5.41) is 0.489. The van der Waals surface area contributed by atoms with Crippen molar-refractivity contribution >= 4 is 17.4 Å². The highest BCUT2D eigenvalue weighted by Gasteiger charge is 2.18. The third-order valence-electron chi connectivity index (χ3n) is 2.84. The summed E-state index contributed by atoms with van der Waals surface area (Å²) >= 11 is 5.97. The lowest BCUT2D eigenvalue weighted by atomic mass is 10.0. The number of ketones is 1. The molecule has 0 N–H and O–H groups in total. The molecule has 0 aliphatic rings. The normalized spacial score (nSPS) is 10.2. The van der Waals surface area contributed by atoms with Crippen molar-refractivity contribution in [1.82, 2.24) is 0 Å². The molecular weight excluding hydrogens is 276 g/mol. The number of methoxy groups -OCH3 is 1. The van der Waals surface area contributed by atoms with Gasteiger partial charge in [-0.2, -0.15) is 0 Å². The first-order chi connectivity index (χ1) is 9.67. The second-order valence-electron chi connectivity index (χ2n) is 4.10. The smallest absolute Gasteiger partial charge is 0.200 e. The maximum absolute atomic E-state index is 12.7. The summed E-state index contributed by atoms with van der Waals surface area (Å²) in [6.45, 7) is 2.37. The van der Waals surface area contributed by atoms with Gasteiger partial charge in [0, 0.05) is 5.02 Å². The van der Waals surface area contributed by atoms with Gasteiger partial charge in [0.2, 0.25) is 5.78 Å². The Kier molecular flexibility index (Phi) is 4.64. The minimum atomic E-state index is -0.173. The van der Waals surface area contributed by atoms with Gasteiger partial charge in [0.15, 0.2) is 0 Å². The molecule has 0 aromatic heterocycles. The van der Waals surface area contributed by atoms with Gasteiger partial charge in [0.05, 0.1) is 24.8 Å². The summed E-state index contributed by atoms with van der Waals surface area (Å²) in [6, 6.07) is 12.1. The molecule has 4 heteroatoms. The highest BCUT2D eigenvalue weighted by Crippen LogP contribution is 2.28. The zero-order chi connectivity index (χ0) is 14.5. The Morgan fingerprint density at radius 1 is 1.10 bits per heavy atom. The van der Waals surface area contributed by atoms with E-state index in [1.165, 1.54) is 7.11 Å². The molecule has 0 atom stereocenters. The van der Waals surface area contributed by atoms with Crippen molar-refractivity contribution in [2.45, 2.75) is 6.92 Å². The number of hydrogen-bond donors (Lipinski definition) is 0. The lowest BCUT2D eigenvalue weighted by Gasteiger charge is -2.11. The van der Waals surface area contributed by atoms with E-state index in [1.807, 2.05) is 13.0 Å². The topological polar surface area (TPSA) is 35.5 Å². The number of carbonyl (C=O) groups is 1. The van der Waals surface area contributed by atoms with Crippen LogP contribution in [-0.2, 0) is 0 Å². The van der Waals surface area contributed by atoms with Crippen LogP contribution in [-0.4, -0.2) is 19.5 Å². The molecule has 0 amide bonds. The van der Waals surface area contributed by atoms with Crippen LogP contribution in [0.1, 0.15) is 22.8 Å². The summed E-state index contributed by atoms with van der Waals surface area (Å²) in [6.07, 6.45) is 0. The van der Waals surface area contributed by atoms with Crippen molar-refractivity contribution in [2.75, 3.05) is 13.7 Å². The van der Waals surface area contributed by atoms with Crippen LogP contribution in [0.4, 0.5) is 0 Å². The predicted molar refractivity (Wildman–Crippen MR) is 79.0 cm³/mol. The molecular formula is C16H15ClO3. The van der Waals surface area contributed by atoms with Crippen molar-refractivity contribution in [3.8, 4) is 11.5 Å². The summed E-state index contributed by atoms with van der Waals surface area (Å²) < 4.78 is 10.7. The SMILES string of the molecule is CCOc1ccccc1C(=O)c1cc(Cl)ccc1OC. The van der Waals surface area contributed by atoms with Crippen molar-refractivity contribution in [3.63, 3.8) is 0 Å². The average molecular weight is 291 g/mol. The first-order valence-electron chi connectivity index (χ1n) is 6.27. The predicted octanol–water partition coefficient (Wildman–Crippen LogP) is 3.98. The maximum Gasteiger partial charge on any atom is 0.200 e. The Morgan fingerprint density at radius 2 is 1.85 bits per heavy atom. The molecule has 20 heavy (non-hydrogen) atoms. The molecule has 2 rings (SSSR count). The number of benzene rings is 2. The molecule has 0 unspecified atom stereocenters. The molecule has 0 aliphatic carbocycles. The first kappa shape index (κ1) is 14.4. The van der Waals surface area contributed by atoms with Crippen LogP contribution >= 0.6 is 11.6 Å². The van der Waals surface area contributed by atoms with Crippen LogP contribution in [0.2, 0.25) is 5.02 Å². The molecule has 0 bridgehead atoms. The molecule has 0 saturated carbocycles. The minimum absolute atomic E-state index is 0.173. The fourth-order valence-corrected chi connectivity index (χ4v) is 2.11. The maximum atomic E-state index is 12.7. The lowest BCUT2D eigenvalue weighted by Crippen LogP contribution is -2.07. The second-order valence-corrected chi connectivity index (χ2v) is 4.54. The van der Waals surface area contributed by atoms with Gasteiger partial charge in [0.1, 0.15) is 11.5 Å². The fraction of sp³-hybridized carbons (Fsp3) is 0.188. The Labute approximate surface area is 123 Å².